The lowest BCUT2D eigenvalue weighted by atomic mass is 10.3. The van der Waals surface area contributed by atoms with Crippen LogP contribution in [0.2, 0.25) is 0 Å². The Labute approximate surface area is 79.8 Å². The fraction of sp³-hybridized carbons (Fsp3) is 0. The predicted molar refractivity (Wildman–Crippen MR) is 47.8 cm³/mol. The Bertz CT molecular complexity index is 338. The molecule has 0 saturated carbocycles. The summed E-state index contributed by atoms with van der Waals surface area (Å²) in [6, 6.07) is 7.65. The van der Waals surface area contributed by atoms with Crippen molar-refractivity contribution in [1.29, 1.82) is 0 Å². The average molecular weight is 195 g/mol. The predicted octanol–water partition coefficient (Wildman–Crippen LogP) is 1.61. The Balaban J connectivity index is 3.01. The zero-order valence-electron chi connectivity index (χ0n) is 7.12. The van der Waals surface area contributed by atoms with E-state index < -0.39 is 11.1 Å². The maximum atomic E-state index is 11.0. The van der Waals surface area contributed by atoms with Gasteiger partial charge in [0.1, 0.15) is 12.8 Å². The summed E-state index contributed by atoms with van der Waals surface area (Å²) in [5.41, 5.74) is 0.117. The molecule has 6 nitrogen and oxygen atoms in total. The van der Waals surface area contributed by atoms with Crippen LogP contribution < -0.4 is 5.01 Å². The van der Waals surface area contributed by atoms with Gasteiger partial charge >= 0.3 is 6.09 Å². The molecule has 0 heterocycles. The van der Waals surface area contributed by atoms with Crippen molar-refractivity contribution < 1.29 is 14.6 Å². The number of anilines is 1. The van der Waals surface area contributed by atoms with Crippen LogP contribution in [0.15, 0.2) is 30.3 Å². The van der Waals surface area contributed by atoms with E-state index in [1.54, 1.807) is 18.2 Å². The molecule has 0 spiro atoms. The van der Waals surface area contributed by atoms with Crippen LogP contribution in [-0.4, -0.2) is 11.1 Å². The molecule has 0 unspecified atom stereocenters. The number of carbonyl (C=O) groups excluding carboxylic acids is 1. The molecule has 1 amide bonds. The minimum absolute atomic E-state index is 0.117. The highest BCUT2D eigenvalue weighted by atomic mass is 16.7. The molecule has 0 N–H and O–H groups in total. The number of hydrazine groups is 1. The summed E-state index contributed by atoms with van der Waals surface area (Å²) in [6.07, 6.45) is -1.14. The number of hydrogen-bond donors (Lipinski definition) is 0. The SMILES string of the molecule is [CH2]OC(=O)N(c1ccccc1)[N+](=O)[O-]. The van der Waals surface area contributed by atoms with Crippen molar-refractivity contribution in [3.63, 3.8) is 0 Å². The largest absolute Gasteiger partial charge is 0.473 e. The maximum Gasteiger partial charge on any atom is 0.473 e. The van der Waals surface area contributed by atoms with Gasteiger partial charge in [-0.15, -0.1) is 0 Å². The molecule has 73 valence electrons. The summed E-state index contributed by atoms with van der Waals surface area (Å²) < 4.78 is 4.02. The van der Waals surface area contributed by atoms with Crippen molar-refractivity contribution in [3.8, 4) is 0 Å². The smallest absolute Gasteiger partial charge is 0.442 e. The van der Waals surface area contributed by atoms with Crippen molar-refractivity contribution in [2.75, 3.05) is 5.01 Å². The zero-order chi connectivity index (χ0) is 10.6. The molecule has 1 rings (SSSR count). The van der Waals surface area contributed by atoms with Crippen LogP contribution >= 0.6 is 0 Å². The third-order valence-electron chi connectivity index (χ3n) is 1.46. The summed E-state index contributed by atoms with van der Waals surface area (Å²) in [4.78, 5) is 21.5. The summed E-state index contributed by atoms with van der Waals surface area (Å²) in [7, 11) is 2.82. The lowest BCUT2D eigenvalue weighted by molar-refractivity contribution is -0.483. The first-order valence-corrected chi connectivity index (χ1v) is 3.62. The number of para-hydroxylation sites is 1. The molecule has 0 fully saturated rings. The molecule has 0 atom stereocenters. The van der Waals surface area contributed by atoms with Crippen LogP contribution in [-0.2, 0) is 4.74 Å². The topological polar surface area (TPSA) is 72.7 Å². The summed E-state index contributed by atoms with van der Waals surface area (Å²) in [6.45, 7) is 0. The van der Waals surface area contributed by atoms with Gasteiger partial charge in [0.05, 0.1) is 0 Å². The van der Waals surface area contributed by atoms with Crippen LogP contribution in [0.1, 0.15) is 0 Å². The molecule has 0 aliphatic rings. The van der Waals surface area contributed by atoms with E-state index in [4.69, 9.17) is 0 Å². The normalized spacial score (nSPS) is 9.21. The van der Waals surface area contributed by atoms with E-state index in [2.05, 4.69) is 11.8 Å². The third-order valence-corrected chi connectivity index (χ3v) is 1.46. The Morgan fingerprint density at radius 3 is 2.43 bits per heavy atom. The van der Waals surface area contributed by atoms with Gasteiger partial charge in [-0.25, -0.2) is 14.9 Å². The molecular weight excluding hydrogens is 188 g/mol. The zero-order valence-corrected chi connectivity index (χ0v) is 7.12. The molecule has 0 aromatic heterocycles. The van der Waals surface area contributed by atoms with E-state index in [0.29, 0.717) is 0 Å². The van der Waals surface area contributed by atoms with E-state index in [1.165, 1.54) is 12.1 Å². The first-order valence-electron chi connectivity index (χ1n) is 3.62. The second kappa shape index (κ2) is 4.22. The number of ether oxygens (including phenoxy) is 1. The molecule has 0 aliphatic carbocycles. The molecule has 0 aliphatic heterocycles. The highest BCUT2D eigenvalue weighted by molar-refractivity contribution is 5.84. The first kappa shape index (κ1) is 9.97. The minimum Gasteiger partial charge on any atom is -0.442 e. The summed E-state index contributed by atoms with van der Waals surface area (Å²) in [5, 5.41) is 9.90. The quantitative estimate of drug-likeness (QED) is 0.530. The number of amides is 1. The van der Waals surface area contributed by atoms with Gasteiger partial charge in [-0.3, -0.25) is 0 Å². The van der Waals surface area contributed by atoms with Gasteiger partial charge in [-0.05, 0) is 12.1 Å². The Morgan fingerprint density at radius 1 is 1.43 bits per heavy atom. The van der Waals surface area contributed by atoms with E-state index >= 15 is 0 Å². The van der Waals surface area contributed by atoms with Crippen LogP contribution in [0.3, 0.4) is 0 Å². The standard InChI is InChI=1S/C8H7N2O4/c1-14-8(11)9(10(12)13)7-5-3-2-4-6-7/h2-6H,1H2. The summed E-state index contributed by atoms with van der Waals surface area (Å²) in [5.74, 6) is 0. The molecule has 1 aromatic carbocycles. The maximum absolute atomic E-state index is 11.0. The van der Waals surface area contributed by atoms with Crippen molar-refractivity contribution in [1.82, 2.24) is 0 Å². The number of hydrogen-bond acceptors (Lipinski definition) is 4. The number of nitro groups is 1. The van der Waals surface area contributed by atoms with Crippen molar-refractivity contribution >= 4 is 11.8 Å². The number of rotatable bonds is 2. The minimum atomic E-state index is -1.14. The molecule has 6 heteroatoms. The molecule has 14 heavy (non-hydrogen) atoms. The molecule has 0 bridgehead atoms. The van der Waals surface area contributed by atoms with E-state index in [0.717, 1.165) is 0 Å². The Kier molecular flexibility index (Phi) is 3.01. The van der Waals surface area contributed by atoms with Crippen molar-refractivity contribution in [3.05, 3.63) is 47.6 Å². The fourth-order valence-corrected chi connectivity index (χ4v) is 0.897. The van der Waals surface area contributed by atoms with Gasteiger partial charge in [0, 0.05) is 5.01 Å². The van der Waals surface area contributed by atoms with Gasteiger partial charge in [0.15, 0.2) is 5.03 Å². The highest BCUT2D eigenvalue weighted by Crippen LogP contribution is 2.13. The average Bonchev–Trinajstić information content (AvgIpc) is 2.19. The molecule has 0 saturated heterocycles. The first-order chi connectivity index (χ1) is 6.66. The van der Waals surface area contributed by atoms with Gasteiger partial charge in [-0.1, -0.05) is 18.2 Å². The van der Waals surface area contributed by atoms with Crippen molar-refractivity contribution in [2.24, 2.45) is 0 Å². The van der Waals surface area contributed by atoms with E-state index in [9.17, 15) is 14.9 Å². The number of benzene rings is 1. The van der Waals surface area contributed by atoms with Crippen LogP contribution in [0, 0.1) is 17.2 Å². The highest BCUT2D eigenvalue weighted by Gasteiger charge is 2.27. The molecule has 1 aromatic rings. The fourth-order valence-electron chi connectivity index (χ4n) is 0.897. The van der Waals surface area contributed by atoms with Crippen LogP contribution in [0.5, 0.6) is 0 Å². The molecular formula is C8H7N2O4. The lowest BCUT2D eigenvalue weighted by Gasteiger charge is -2.09. The van der Waals surface area contributed by atoms with Gasteiger partial charge in [0.2, 0.25) is 0 Å². The second-order valence-corrected chi connectivity index (χ2v) is 2.30. The van der Waals surface area contributed by atoms with Gasteiger partial charge < -0.3 is 4.74 Å². The van der Waals surface area contributed by atoms with Crippen LogP contribution in [0.25, 0.3) is 0 Å². The van der Waals surface area contributed by atoms with E-state index in [1.807, 2.05) is 0 Å². The lowest BCUT2D eigenvalue weighted by Crippen LogP contribution is -2.35. The van der Waals surface area contributed by atoms with Crippen molar-refractivity contribution in [2.45, 2.75) is 0 Å². The van der Waals surface area contributed by atoms with Gasteiger partial charge in [-0.2, -0.15) is 0 Å². The third kappa shape index (κ3) is 1.98. The van der Waals surface area contributed by atoms with Gasteiger partial charge in [0.25, 0.3) is 0 Å². The van der Waals surface area contributed by atoms with E-state index in [-0.39, 0.29) is 10.7 Å². The number of carbonyl (C=O) groups is 1. The monoisotopic (exact) mass is 195 g/mol. The molecule has 1 radical (unpaired) electrons. The summed E-state index contributed by atoms with van der Waals surface area (Å²) >= 11 is 0. The second-order valence-electron chi connectivity index (χ2n) is 2.30. The van der Waals surface area contributed by atoms with Crippen LogP contribution in [0.4, 0.5) is 10.5 Å². The Hall–Kier alpha value is -2.11. The Morgan fingerprint density at radius 2 is 2.00 bits per heavy atom. The number of nitrogens with zero attached hydrogens (tertiary/aromatic N) is 2.